The molecule has 0 saturated heterocycles. The molecule has 94 valence electrons. The van der Waals surface area contributed by atoms with Gasteiger partial charge in [-0.1, -0.05) is 19.3 Å². The van der Waals surface area contributed by atoms with Crippen LogP contribution in [0.15, 0.2) is 18.5 Å². The summed E-state index contributed by atoms with van der Waals surface area (Å²) in [5, 5.41) is 16.2. The smallest absolute Gasteiger partial charge is 0.0661 e. The summed E-state index contributed by atoms with van der Waals surface area (Å²) in [6.07, 6.45) is 9.32. The molecule has 1 saturated carbocycles. The number of rotatable bonds is 4. The molecule has 1 aromatic rings. The van der Waals surface area contributed by atoms with E-state index in [-0.39, 0.29) is 12.1 Å². The van der Waals surface area contributed by atoms with Crippen LogP contribution in [-0.4, -0.2) is 29.3 Å². The second-order valence-electron chi connectivity index (χ2n) is 4.84. The van der Waals surface area contributed by atoms with Crippen LogP contribution in [0.25, 0.3) is 0 Å². The predicted octanol–water partition coefficient (Wildman–Crippen LogP) is 2.23. The van der Waals surface area contributed by atoms with E-state index >= 15 is 0 Å². The fraction of sp³-hybridized carbons (Fsp3) is 0.615. The van der Waals surface area contributed by atoms with Crippen LogP contribution in [0.3, 0.4) is 0 Å². The molecule has 1 aliphatic carbocycles. The summed E-state index contributed by atoms with van der Waals surface area (Å²) in [5.41, 5.74) is 1.82. The molecule has 0 amide bonds. The highest BCUT2D eigenvalue weighted by molar-refractivity contribution is 5.54. The Balaban J connectivity index is 2.11. The van der Waals surface area contributed by atoms with Gasteiger partial charge in [-0.2, -0.15) is 0 Å². The molecule has 4 heteroatoms. The van der Waals surface area contributed by atoms with E-state index in [0.29, 0.717) is 0 Å². The molecule has 1 aromatic heterocycles. The third-order valence-corrected chi connectivity index (χ3v) is 3.55. The lowest BCUT2D eigenvalue weighted by Gasteiger charge is -2.37. The topological polar surface area (TPSA) is 57.2 Å². The molecular weight excluding hydrogens is 214 g/mol. The first-order valence-corrected chi connectivity index (χ1v) is 6.30. The van der Waals surface area contributed by atoms with E-state index in [2.05, 4.69) is 15.6 Å². The van der Waals surface area contributed by atoms with E-state index < -0.39 is 0 Å². The van der Waals surface area contributed by atoms with E-state index in [9.17, 15) is 5.11 Å². The summed E-state index contributed by atoms with van der Waals surface area (Å²) < 4.78 is 0. The maximum atomic E-state index is 9.63. The van der Waals surface area contributed by atoms with Gasteiger partial charge in [0.2, 0.25) is 0 Å². The minimum atomic E-state index is -0.147. The van der Waals surface area contributed by atoms with Gasteiger partial charge in [0.15, 0.2) is 0 Å². The quantitative estimate of drug-likeness (QED) is 0.749. The van der Waals surface area contributed by atoms with Gasteiger partial charge in [0.1, 0.15) is 0 Å². The largest absolute Gasteiger partial charge is 0.394 e. The van der Waals surface area contributed by atoms with Crippen molar-refractivity contribution in [3.63, 3.8) is 0 Å². The number of hydrogen-bond acceptors (Lipinski definition) is 4. The number of nitrogens with zero attached hydrogens (tertiary/aromatic N) is 1. The standard InChI is InChI=1S/C13H21N3O/c1-14-11-7-12(9-15-8-11)16-13(10-17)5-3-2-4-6-13/h7-9,14,16-17H,2-6,10H2,1H3. The normalized spacial score (nSPS) is 18.7. The highest BCUT2D eigenvalue weighted by Gasteiger charge is 2.31. The Morgan fingerprint density at radius 1 is 1.24 bits per heavy atom. The van der Waals surface area contributed by atoms with E-state index in [1.165, 1.54) is 19.3 Å². The van der Waals surface area contributed by atoms with Gasteiger partial charge in [0.05, 0.1) is 35.9 Å². The number of aromatic nitrogens is 1. The van der Waals surface area contributed by atoms with Crippen molar-refractivity contribution in [2.75, 3.05) is 24.3 Å². The zero-order valence-electron chi connectivity index (χ0n) is 10.4. The van der Waals surface area contributed by atoms with Crippen LogP contribution in [-0.2, 0) is 0 Å². The Morgan fingerprint density at radius 2 is 1.94 bits per heavy atom. The zero-order valence-corrected chi connectivity index (χ0v) is 10.4. The molecule has 4 nitrogen and oxygen atoms in total. The third kappa shape index (κ3) is 2.88. The molecule has 2 rings (SSSR count). The molecule has 0 unspecified atom stereocenters. The maximum Gasteiger partial charge on any atom is 0.0661 e. The van der Waals surface area contributed by atoms with E-state index in [1.54, 1.807) is 6.20 Å². The van der Waals surface area contributed by atoms with Crippen molar-refractivity contribution in [1.29, 1.82) is 0 Å². The van der Waals surface area contributed by atoms with Crippen molar-refractivity contribution >= 4 is 11.4 Å². The van der Waals surface area contributed by atoms with Crippen molar-refractivity contribution < 1.29 is 5.11 Å². The molecule has 1 aliphatic rings. The Bertz CT molecular complexity index is 361. The van der Waals surface area contributed by atoms with Gasteiger partial charge < -0.3 is 15.7 Å². The van der Waals surface area contributed by atoms with Crippen LogP contribution < -0.4 is 10.6 Å². The Hall–Kier alpha value is -1.29. The molecule has 0 radical (unpaired) electrons. The van der Waals surface area contributed by atoms with E-state index in [0.717, 1.165) is 24.2 Å². The fourth-order valence-electron chi connectivity index (χ4n) is 2.50. The van der Waals surface area contributed by atoms with Crippen LogP contribution in [0, 0.1) is 0 Å². The van der Waals surface area contributed by atoms with Gasteiger partial charge >= 0.3 is 0 Å². The van der Waals surface area contributed by atoms with Gasteiger partial charge in [-0.25, -0.2) is 0 Å². The number of nitrogens with one attached hydrogen (secondary N) is 2. The zero-order chi connectivity index (χ0) is 12.1. The average Bonchev–Trinajstić information content (AvgIpc) is 2.40. The SMILES string of the molecule is CNc1cncc(NC2(CO)CCCCC2)c1. The molecule has 17 heavy (non-hydrogen) atoms. The first-order valence-electron chi connectivity index (χ1n) is 6.30. The minimum absolute atomic E-state index is 0.147. The van der Waals surface area contributed by atoms with Crippen LogP contribution in [0.5, 0.6) is 0 Å². The number of aliphatic hydroxyl groups excluding tert-OH is 1. The lowest BCUT2D eigenvalue weighted by atomic mass is 9.82. The van der Waals surface area contributed by atoms with Gasteiger partial charge in [0, 0.05) is 7.05 Å². The number of aliphatic hydroxyl groups is 1. The first kappa shape index (κ1) is 12.2. The second-order valence-corrected chi connectivity index (χ2v) is 4.84. The molecule has 0 aliphatic heterocycles. The van der Waals surface area contributed by atoms with Crippen LogP contribution in [0.1, 0.15) is 32.1 Å². The third-order valence-electron chi connectivity index (χ3n) is 3.55. The highest BCUT2D eigenvalue weighted by atomic mass is 16.3. The summed E-state index contributed by atoms with van der Waals surface area (Å²) in [7, 11) is 1.88. The predicted molar refractivity (Wildman–Crippen MR) is 70.3 cm³/mol. The molecule has 0 aromatic carbocycles. The van der Waals surface area contributed by atoms with Gasteiger partial charge in [-0.05, 0) is 18.9 Å². The average molecular weight is 235 g/mol. The van der Waals surface area contributed by atoms with Gasteiger partial charge in [-0.3, -0.25) is 4.98 Å². The molecule has 3 N–H and O–H groups in total. The summed E-state index contributed by atoms with van der Waals surface area (Å²) in [6.45, 7) is 0.191. The summed E-state index contributed by atoms with van der Waals surface area (Å²) in [4.78, 5) is 4.18. The van der Waals surface area contributed by atoms with Crippen LogP contribution >= 0.6 is 0 Å². The number of anilines is 2. The lowest BCUT2D eigenvalue weighted by Crippen LogP contribution is -2.43. The van der Waals surface area contributed by atoms with Gasteiger partial charge in [-0.15, -0.1) is 0 Å². The van der Waals surface area contributed by atoms with Crippen molar-refractivity contribution in [3.8, 4) is 0 Å². The van der Waals surface area contributed by atoms with E-state index in [4.69, 9.17) is 0 Å². The summed E-state index contributed by atoms with van der Waals surface area (Å²) in [5.74, 6) is 0. The molecule has 0 spiro atoms. The van der Waals surface area contributed by atoms with Crippen molar-refractivity contribution in [3.05, 3.63) is 18.5 Å². The molecule has 0 atom stereocenters. The van der Waals surface area contributed by atoms with Crippen molar-refractivity contribution in [1.82, 2.24) is 4.98 Å². The molecule has 1 fully saturated rings. The first-order chi connectivity index (χ1) is 8.28. The molecule has 0 bridgehead atoms. The summed E-state index contributed by atoms with van der Waals surface area (Å²) in [6, 6.07) is 2.03. The van der Waals surface area contributed by atoms with Gasteiger partial charge in [0.25, 0.3) is 0 Å². The fourth-order valence-corrected chi connectivity index (χ4v) is 2.50. The Kier molecular flexibility index (Phi) is 3.84. The highest BCUT2D eigenvalue weighted by Crippen LogP contribution is 2.31. The number of pyridine rings is 1. The monoisotopic (exact) mass is 235 g/mol. The minimum Gasteiger partial charge on any atom is -0.394 e. The number of hydrogen-bond donors (Lipinski definition) is 3. The molecular formula is C13H21N3O. The maximum absolute atomic E-state index is 9.63. The lowest BCUT2D eigenvalue weighted by molar-refractivity contribution is 0.173. The van der Waals surface area contributed by atoms with Crippen molar-refractivity contribution in [2.45, 2.75) is 37.6 Å². The van der Waals surface area contributed by atoms with Crippen LogP contribution in [0.4, 0.5) is 11.4 Å². The van der Waals surface area contributed by atoms with Crippen molar-refractivity contribution in [2.24, 2.45) is 0 Å². The Morgan fingerprint density at radius 3 is 2.59 bits per heavy atom. The summed E-state index contributed by atoms with van der Waals surface area (Å²) >= 11 is 0. The second kappa shape index (κ2) is 5.36. The molecule has 1 heterocycles. The van der Waals surface area contributed by atoms with E-state index in [1.807, 2.05) is 19.3 Å². The Labute approximate surface area is 102 Å². The van der Waals surface area contributed by atoms with Crippen LogP contribution in [0.2, 0.25) is 0 Å².